The second-order valence-corrected chi connectivity index (χ2v) is 5.76. The van der Waals surface area contributed by atoms with Crippen LogP contribution >= 0.6 is 11.8 Å². The van der Waals surface area contributed by atoms with Crippen LogP contribution in [0.4, 0.5) is 0 Å². The van der Waals surface area contributed by atoms with Crippen molar-refractivity contribution in [2.75, 3.05) is 31.3 Å². The van der Waals surface area contributed by atoms with Gasteiger partial charge >= 0.3 is 5.97 Å². The van der Waals surface area contributed by atoms with Crippen LogP contribution in [-0.2, 0) is 9.53 Å². The lowest BCUT2D eigenvalue weighted by Crippen LogP contribution is -2.56. The highest BCUT2D eigenvalue weighted by Crippen LogP contribution is 2.27. The molecule has 92 valence electrons. The van der Waals surface area contributed by atoms with Crippen LogP contribution in [0, 0.1) is 5.92 Å². The largest absolute Gasteiger partial charge is 0.480 e. The van der Waals surface area contributed by atoms with Gasteiger partial charge in [0.05, 0.1) is 6.61 Å². The Balaban J connectivity index is 1.88. The fourth-order valence-corrected chi connectivity index (χ4v) is 3.47. The number of aliphatic carboxylic acids is 1. The summed E-state index contributed by atoms with van der Waals surface area (Å²) in [5, 5.41) is 12.6. The molecule has 0 bridgehead atoms. The Hall–Kier alpha value is -0.260. The van der Waals surface area contributed by atoms with E-state index in [0.717, 1.165) is 44.8 Å². The topological polar surface area (TPSA) is 58.6 Å². The van der Waals surface area contributed by atoms with Crippen molar-refractivity contribution in [2.45, 2.75) is 24.8 Å². The molecule has 2 rings (SSSR count). The molecular weight excluding hydrogens is 226 g/mol. The van der Waals surface area contributed by atoms with Crippen LogP contribution in [0.1, 0.15) is 19.3 Å². The Morgan fingerprint density at radius 2 is 2.50 bits per heavy atom. The van der Waals surface area contributed by atoms with Crippen molar-refractivity contribution in [3.8, 4) is 0 Å². The Morgan fingerprint density at radius 1 is 1.62 bits per heavy atom. The lowest BCUT2D eigenvalue weighted by molar-refractivity contribution is -0.144. The monoisotopic (exact) mass is 245 g/mol. The molecule has 4 nitrogen and oxygen atoms in total. The van der Waals surface area contributed by atoms with Gasteiger partial charge in [-0.15, -0.1) is 0 Å². The Labute approximate surface area is 100 Å². The molecule has 0 radical (unpaired) electrons. The molecule has 0 saturated carbocycles. The normalized spacial score (nSPS) is 35.1. The first-order valence-electron chi connectivity index (χ1n) is 5.87. The molecule has 0 spiro atoms. The molecule has 2 unspecified atom stereocenters. The van der Waals surface area contributed by atoms with E-state index in [2.05, 4.69) is 5.32 Å². The molecule has 2 aliphatic rings. The molecule has 0 aromatic rings. The Bertz CT molecular complexity index is 248. The first-order valence-corrected chi connectivity index (χ1v) is 7.02. The summed E-state index contributed by atoms with van der Waals surface area (Å²) in [5.41, 5.74) is -0.689. The zero-order chi connectivity index (χ0) is 11.4. The minimum atomic E-state index is -0.696. The summed E-state index contributed by atoms with van der Waals surface area (Å²) in [6.07, 6.45) is 2.80. The zero-order valence-electron chi connectivity index (χ0n) is 9.41. The molecule has 2 atom stereocenters. The van der Waals surface area contributed by atoms with Gasteiger partial charge in [-0.25, -0.2) is 0 Å². The van der Waals surface area contributed by atoms with Crippen LogP contribution in [0.3, 0.4) is 0 Å². The number of nitrogens with one attached hydrogen (secondary N) is 1. The van der Waals surface area contributed by atoms with E-state index in [-0.39, 0.29) is 0 Å². The summed E-state index contributed by atoms with van der Waals surface area (Å²) >= 11 is 1.74. The van der Waals surface area contributed by atoms with Gasteiger partial charge in [0, 0.05) is 18.9 Å². The standard InChI is InChI=1S/C11H19NO3S/c13-10(14)11(3-1-5-16-8-11)12-6-9-2-4-15-7-9/h9,12H,1-8H2,(H,13,14). The number of carboxylic acid groups (broad SMARTS) is 1. The molecule has 2 saturated heterocycles. The maximum atomic E-state index is 11.4. The zero-order valence-corrected chi connectivity index (χ0v) is 10.2. The van der Waals surface area contributed by atoms with Gasteiger partial charge < -0.3 is 15.2 Å². The second-order valence-electron chi connectivity index (χ2n) is 4.65. The van der Waals surface area contributed by atoms with Crippen molar-refractivity contribution >= 4 is 17.7 Å². The maximum absolute atomic E-state index is 11.4. The number of hydrogen-bond donors (Lipinski definition) is 2. The van der Waals surface area contributed by atoms with Crippen molar-refractivity contribution in [2.24, 2.45) is 5.92 Å². The number of hydrogen-bond acceptors (Lipinski definition) is 4. The molecular formula is C11H19NO3S. The molecule has 0 aliphatic carbocycles. The third-order valence-electron chi connectivity index (χ3n) is 3.40. The van der Waals surface area contributed by atoms with Crippen molar-refractivity contribution in [1.29, 1.82) is 0 Å². The Kier molecular flexibility index (Phi) is 4.10. The molecule has 0 aromatic carbocycles. The van der Waals surface area contributed by atoms with Crippen LogP contribution in [0.15, 0.2) is 0 Å². The van der Waals surface area contributed by atoms with Crippen LogP contribution in [0.25, 0.3) is 0 Å². The summed E-state index contributed by atoms with van der Waals surface area (Å²) in [6.45, 7) is 2.36. The minimum Gasteiger partial charge on any atom is -0.480 e. The number of carboxylic acids is 1. The summed E-state index contributed by atoms with van der Waals surface area (Å²) < 4.78 is 5.30. The van der Waals surface area contributed by atoms with Crippen LogP contribution < -0.4 is 5.32 Å². The first-order chi connectivity index (χ1) is 7.73. The van der Waals surface area contributed by atoms with Gasteiger partial charge in [-0.2, -0.15) is 11.8 Å². The minimum absolute atomic E-state index is 0.489. The van der Waals surface area contributed by atoms with Crippen LogP contribution in [0.5, 0.6) is 0 Å². The van der Waals surface area contributed by atoms with E-state index >= 15 is 0 Å². The molecule has 2 aliphatic heterocycles. The molecule has 16 heavy (non-hydrogen) atoms. The number of ether oxygens (including phenoxy) is 1. The molecule has 2 heterocycles. The van der Waals surface area contributed by atoms with Crippen molar-refractivity contribution in [3.05, 3.63) is 0 Å². The maximum Gasteiger partial charge on any atom is 0.324 e. The van der Waals surface area contributed by atoms with E-state index in [1.165, 1.54) is 0 Å². The van der Waals surface area contributed by atoms with Gasteiger partial charge in [0.15, 0.2) is 0 Å². The molecule has 0 amide bonds. The summed E-state index contributed by atoms with van der Waals surface area (Å²) in [4.78, 5) is 11.4. The lowest BCUT2D eigenvalue weighted by Gasteiger charge is -2.34. The highest BCUT2D eigenvalue weighted by atomic mass is 32.2. The van der Waals surface area contributed by atoms with Gasteiger partial charge in [0.1, 0.15) is 5.54 Å². The molecule has 0 aromatic heterocycles. The van der Waals surface area contributed by atoms with E-state index in [4.69, 9.17) is 4.74 Å². The van der Waals surface area contributed by atoms with Crippen molar-refractivity contribution in [1.82, 2.24) is 5.32 Å². The number of rotatable bonds is 4. The Morgan fingerprint density at radius 3 is 3.06 bits per heavy atom. The van der Waals surface area contributed by atoms with E-state index in [1.807, 2.05) is 0 Å². The van der Waals surface area contributed by atoms with Crippen molar-refractivity contribution < 1.29 is 14.6 Å². The fraction of sp³-hybridized carbons (Fsp3) is 0.909. The van der Waals surface area contributed by atoms with Crippen molar-refractivity contribution in [3.63, 3.8) is 0 Å². The van der Waals surface area contributed by atoms with Gasteiger partial charge in [-0.3, -0.25) is 4.79 Å². The lowest BCUT2D eigenvalue weighted by atomic mass is 9.94. The number of carbonyl (C=O) groups is 1. The van der Waals surface area contributed by atoms with Gasteiger partial charge in [0.2, 0.25) is 0 Å². The third kappa shape index (κ3) is 2.70. The van der Waals surface area contributed by atoms with Gasteiger partial charge in [-0.1, -0.05) is 0 Å². The van der Waals surface area contributed by atoms with E-state index in [0.29, 0.717) is 11.7 Å². The van der Waals surface area contributed by atoms with Crippen LogP contribution in [0.2, 0.25) is 0 Å². The smallest absolute Gasteiger partial charge is 0.324 e. The predicted octanol–water partition coefficient (Wildman–Crippen LogP) is 0.963. The number of thioether (sulfide) groups is 1. The molecule has 2 N–H and O–H groups in total. The fourth-order valence-electron chi connectivity index (χ4n) is 2.26. The summed E-state index contributed by atoms with van der Waals surface area (Å²) in [7, 11) is 0. The van der Waals surface area contributed by atoms with Gasteiger partial charge in [0.25, 0.3) is 0 Å². The average Bonchev–Trinajstić information content (AvgIpc) is 2.80. The van der Waals surface area contributed by atoms with Gasteiger partial charge in [-0.05, 0) is 30.9 Å². The van der Waals surface area contributed by atoms with E-state index in [9.17, 15) is 9.90 Å². The second kappa shape index (κ2) is 5.38. The SMILES string of the molecule is O=C(O)C1(NCC2CCOC2)CCCSC1. The highest BCUT2D eigenvalue weighted by molar-refractivity contribution is 7.99. The molecule has 5 heteroatoms. The van der Waals surface area contributed by atoms with Crippen LogP contribution in [-0.4, -0.2) is 47.9 Å². The average molecular weight is 245 g/mol. The quantitative estimate of drug-likeness (QED) is 0.772. The first kappa shape index (κ1) is 12.2. The third-order valence-corrected chi connectivity index (χ3v) is 4.68. The van der Waals surface area contributed by atoms with E-state index < -0.39 is 11.5 Å². The highest BCUT2D eigenvalue weighted by Gasteiger charge is 2.40. The summed E-state index contributed by atoms with van der Waals surface area (Å²) in [5.74, 6) is 1.57. The summed E-state index contributed by atoms with van der Waals surface area (Å²) in [6, 6.07) is 0. The van der Waals surface area contributed by atoms with E-state index in [1.54, 1.807) is 11.8 Å². The molecule has 2 fully saturated rings. The predicted molar refractivity (Wildman–Crippen MR) is 63.9 cm³/mol.